The quantitative estimate of drug-likeness (QED) is 0.876. The summed E-state index contributed by atoms with van der Waals surface area (Å²) in [6.07, 6.45) is 0.176. The third-order valence-electron chi connectivity index (χ3n) is 3.03. The number of primary amides is 1. The maximum atomic E-state index is 11.3. The number of benzene rings is 1. The average molecular weight is 318 g/mol. The highest BCUT2D eigenvalue weighted by Crippen LogP contribution is 2.28. The van der Waals surface area contributed by atoms with Gasteiger partial charge < -0.3 is 5.73 Å². The van der Waals surface area contributed by atoms with E-state index in [1.54, 1.807) is 12.1 Å². The van der Waals surface area contributed by atoms with Crippen molar-refractivity contribution in [3.8, 4) is 0 Å². The lowest BCUT2D eigenvalue weighted by Crippen LogP contribution is -2.37. The Morgan fingerprint density at radius 1 is 1.40 bits per heavy atom. The second-order valence-electron chi connectivity index (χ2n) is 4.48. The van der Waals surface area contributed by atoms with Crippen LogP contribution in [0, 0.1) is 0 Å². The molecule has 0 saturated heterocycles. The van der Waals surface area contributed by atoms with Crippen LogP contribution in [0.25, 0.3) is 0 Å². The van der Waals surface area contributed by atoms with Crippen molar-refractivity contribution in [3.05, 3.63) is 33.8 Å². The molecule has 0 unspecified atom stereocenters. The van der Waals surface area contributed by atoms with Crippen LogP contribution in [0.1, 0.15) is 24.9 Å². The molecule has 3 amide bonds. The topological polar surface area (TPSA) is 75.4 Å². The number of carbonyl (C=O) groups excluding carboxylic acids is 2. The van der Waals surface area contributed by atoms with Crippen LogP contribution in [0.15, 0.2) is 18.2 Å². The Labute approximate surface area is 128 Å². The summed E-state index contributed by atoms with van der Waals surface area (Å²) in [6, 6.07) is 4.48. The first-order chi connectivity index (χ1) is 9.31. The SMILES string of the molecule is C[C@@H](c1ccc(Cl)cc1Cl)N(C)CCC(=O)NC(N)=O. The molecule has 110 valence electrons. The summed E-state index contributed by atoms with van der Waals surface area (Å²) in [4.78, 5) is 23.8. The molecule has 20 heavy (non-hydrogen) atoms. The van der Waals surface area contributed by atoms with E-state index in [2.05, 4.69) is 0 Å². The molecule has 0 bridgehead atoms. The first-order valence-electron chi connectivity index (χ1n) is 6.05. The van der Waals surface area contributed by atoms with Crippen molar-refractivity contribution in [1.29, 1.82) is 0 Å². The zero-order valence-corrected chi connectivity index (χ0v) is 12.8. The monoisotopic (exact) mass is 317 g/mol. The van der Waals surface area contributed by atoms with Crippen LogP contribution in [0.3, 0.4) is 0 Å². The number of nitrogens with zero attached hydrogens (tertiary/aromatic N) is 1. The van der Waals surface area contributed by atoms with Gasteiger partial charge in [-0.15, -0.1) is 0 Å². The van der Waals surface area contributed by atoms with E-state index >= 15 is 0 Å². The molecule has 0 spiro atoms. The maximum Gasteiger partial charge on any atom is 0.318 e. The average Bonchev–Trinajstić information content (AvgIpc) is 2.34. The number of nitrogens with two attached hydrogens (primary N) is 1. The lowest BCUT2D eigenvalue weighted by Gasteiger charge is -2.25. The van der Waals surface area contributed by atoms with Crippen LogP contribution < -0.4 is 11.1 Å². The number of hydrogen-bond donors (Lipinski definition) is 2. The van der Waals surface area contributed by atoms with E-state index in [9.17, 15) is 9.59 Å². The number of carbonyl (C=O) groups is 2. The summed E-state index contributed by atoms with van der Waals surface area (Å²) in [7, 11) is 1.87. The van der Waals surface area contributed by atoms with Gasteiger partial charge in [0, 0.05) is 29.1 Å². The first kappa shape index (κ1) is 16.8. The molecule has 0 radical (unpaired) electrons. The van der Waals surface area contributed by atoms with Crippen molar-refractivity contribution in [3.63, 3.8) is 0 Å². The Hall–Kier alpha value is -1.30. The van der Waals surface area contributed by atoms with Crippen LogP contribution >= 0.6 is 23.2 Å². The van der Waals surface area contributed by atoms with E-state index in [0.717, 1.165) is 5.56 Å². The Balaban J connectivity index is 2.60. The fourth-order valence-electron chi connectivity index (χ4n) is 1.75. The van der Waals surface area contributed by atoms with Crippen molar-refractivity contribution in [2.45, 2.75) is 19.4 Å². The lowest BCUT2D eigenvalue weighted by atomic mass is 10.1. The summed E-state index contributed by atoms with van der Waals surface area (Å²) in [5.74, 6) is -0.404. The first-order valence-corrected chi connectivity index (χ1v) is 6.81. The highest BCUT2D eigenvalue weighted by atomic mass is 35.5. The number of hydrogen-bond acceptors (Lipinski definition) is 3. The fraction of sp³-hybridized carbons (Fsp3) is 0.385. The summed E-state index contributed by atoms with van der Waals surface area (Å²) >= 11 is 12.0. The summed E-state index contributed by atoms with van der Waals surface area (Å²) in [6.45, 7) is 2.44. The van der Waals surface area contributed by atoms with Gasteiger partial charge in [-0.25, -0.2) is 4.79 Å². The molecule has 0 aliphatic rings. The third-order valence-corrected chi connectivity index (χ3v) is 3.59. The molecule has 3 N–H and O–H groups in total. The molecule has 0 saturated carbocycles. The fourth-order valence-corrected chi connectivity index (χ4v) is 2.32. The van der Waals surface area contributed by atoms with Gasteiger partial charge in [0.2, 0.25) is 5.91 Å². The van der Waals surface area contributed by atoms with Gasteiger partial charge in [-0.1, -0.05) is 29.3 Å². The van der Waals surface area contributed by atoms with Crippen LogP contribution in [-0.2, 0) is 4.79 Å². The van der Waals surface area contributed by atoms with Gasteiger partial charge in [0.15, 0.2) is 0 Å². The Kier molecular flexibility index (Phi) is 6.26. The molecule has 1 aromatic carbocycles. The molecule has 1 atom stereocenters. The molecule has 0 aliphatic heterocycles. The number of halogens is 2. The van der Waals surface area contributed by atoms with Crippen molar-refractivity contribution in [2.24, 2.45) is 5.73 Å². The van der Waals surface area contributed by atoms with E-state index in [-0.39, 0.29) is 12.5 Å². The van der Waals surface area contributed by atoms with Crippen LogP contribution in [0.4, 0.5) is 4.79 Å². The molecular formula is C13H17Cl2N3O2. The maximum absolute atomic E-state index is 11.3. The third kappa shape index (κ3) is 5.00. The van der Waals surface area contributed by atoms with Crippen LogP contribution in [0.2, 0.25) is 10.0 Å². The molecule has 0 aliphatic carbocycles. The van der Waals surface area contributed by atoms with Gasteiger partial charge in [-0.2, -0.15) is 0 Å². The molecule has 7 heteroatoms. The normalized spacial score (nSPS) is 12.2. The van der Waals surface area contributed by atoms with E-state index in [0.29, 0.717) is 16.6 Å². The van der Waals surface area contributed by atoms with Gasteiger partial charge >= 0.3 is 6.03 Å². The van der Waals surface area contributed by atoms with Crippen molar-refractivity contribution < 1.29 is 9.59 Å². The number of urea groups is 1. The minimum absolute atomic E-state index is 0.0149. The molecule has 0 aromatic heterocycles. The molecule has 5 nitrogen and oxygen atoms in total. The second kappa shape index (κ2) is 7.47. The van der Waals surface area contributed by atoms with Gasteiger partial charge in [0.25, 0.3) is 0 Å². The Morgan fingerprint density at radius 2 is 2.05 bits per heavy atom. The van der Waals surface area contributed by atoms with Crippen molar-refractivity contribution in [1.82, 2.24) is 10.2 Å². The highest BCUT2D eigenvalue weighted by Gasteiger charge is 2.16. The minimum atomic E-state index is -0.841. The predicted molar refractivity (Wildman–Crippen MR) is 79.9 cm³/mol. The van der Waals surface area contributed by atoms with Gasteiger partial charge in [0.05, 0.1) is 0 Å². The molecule has 1 aromatic rings. The zero-order valence-electron chi connectivity index (χ0n) is 11.3. The Bertz CT molecular complexity index is 508. The van der Waals surface area contributed by atoms with E-state index < -0.39 is 11.9 Å². The highest BCUT2D eigenvalue weighted by molar-refractivity contribution is 6.35. The van der Waals surface area contributed by atoms with Crippen molar-refractivity contribution >= 4 is 35.1 Å². The lowest BCUT2D eigenvalue weighted by molar-refractivity contribution is -0.120. The van der Waals surface area contributed by atoms with Gasteiger partial charge in [0.1, 0.15) is 0 Å². The molecule has 0 fully saturated rings. The van der Waals surface area contributed by atoms with Gasteiger partial charge in [-0.05, 0) is 31.7 Å². The number of rotatable bonds is 5. The summed E-state index contributed by atoms with van der Waals surface area (Å²) < 4.78 is 0. The molecule has 0 heterocycles. The number of nitrogens with one attached hydrogen (secondary N) is 1. The van der Waals surface area contributed by atoms with Crippen LogP contribution in [0.5, 0.6) is 0 Å². The largest absolute Gasteiger partial charge is 0.351 e. The van der Waals surface area contributed by atoms with E-state index in [1.165, 1.54) is 0 Å². The minimum Gasteiger partial charge on any atom is -0.351 e. The summed E-state index contributed by atoms with van der Waals surface area (Å²) in [5.41, 5.74) is 5.80. The number of imide groups is 1. The second-order valence-corrected chi connectivity index (χ2v) is 5.33. The zero-order chi connectivity index (χ0) is 15.3. The Morgan fingerprint density at radius 3 is 2.60 bits per heavy atom. The van der Waals surface area contributed by atoms with Gasteiger partial charge in [-0.3, -0.25) is 15.0 Å². The smallest absolute Gasteiger partial charge is 0.318 e. The standard InChI is InChI=1S/C13H17Cl2N3O2/c1-8(10-4-3-9(14)7-11(10)15)18(2)6-5-12(19)17-13(16)20/h3-4,7-8H,5-6H2,1-2H3,(H3,16,17,19,20)/t8-/m0/s1. The van der Waals surface area contributed by atoms with Crippen LogP contribution in [-0.4, -0.2) is 30.4 Å². The predicted octanol–water partition coefficient (Wildman–Crippen LogP) is 2.57. The van der Waals surface area contributed by atoms with Crippen molar-refractivity contribution in [2.75, 3.05) is 13.6 Å². The van der Waals surface area contributed by atoms with E-state index in [1.807, 2.05) is 30.3 Å². The molecular weight excluding hydrogens is 301 g/mol. The number of amides is 3. The molecule has 1 rings (SSSR count). The summed E-state index contributed by atoms with van der Waals surface area (Å²) in [5, 5.41) is 3.19. The van der Waals surface area contributed by atoms with E-state index in [4.69, 9.17) is 28.9 Å².